The lowest BCUT2D eigenvalue weighted by molar-refractivity contribution is 0.578. The van der Waals surface area contributed by atoms with Gasteiger partial charge in [-0.2, -0.15) is 0 Å². The minimum absolute atomic E-state index is 0.143. The maximum absolute atomic E-state index is 11.4. The first-order valence-corrected chi connectivity index (χ1v) is 9.22. The number of thiophene rings is 1. The molecule has 108 valence electrons. The predicted octanol–water partition coefficient (Wildman–Crippen LogP) is 3.66. The van der Waals surface area contributed by atoms with Crippen molar-refractivity contribution < 1.29 is 8.42 Å². The fourth-order valence-corrected chi connectivity index (χ4v) is 3.49. The zero-order valence-corrected chi connectivity index (χ0v) is 13.6. The highest BCUT2D eigenvalue weighted by atomic mass is 35.5. The number of hydrogen-bond donors (Lipinski definition) is 1. The normalized spacial score (nSPS) is 13.3. The van der Waals surface area contributed by atoms with Gasteiger partial charge in [0.15, 0.2) is 9.84 Å². The number of rotatable bonds is 5. The van der Waals surface area contributed by atoms with Gasteiger partial charge in [-0.25, -0.2) is 8.42 Å². The average Bonchev–Trinajstić information content (AvgIpc) is 2.81. The number of sulfone groups is 1. The van der Waals surface area contributed by atoms with Crippen LogP contribution in [0, 0.1) is 0 Å². The van der Waals surface area contributed by atoms with Crippen molar-refractivity contribution in [2.45, 2.75) is 24.4 Å². The third-order valence-corrected chi connectivity index (χ3v) is 5.38. The second-order valence-electron chi connectivity index (χ2n) is 4.65. The standard InChI is InChI=1S/C14H16ClNO2S2/c1-10(16-9-12-5-8-14(15)19-12)11-3-6-13(7-4-11)20(2,17)18/h3-8,10,16H,9H2,1-2H3. The second-order valence-corrected chi connectivity index (χ2v) is 8.46. The molecule has 0 fully saturated rings. The van der Waals surface area contributed by atoms with Crippen LogP contribution in [0.4, 0.5) is 0 Å². The molecule has 2 aromatic rings. The molecule has 0 radical (unpaired) electrons. The minimum atomic E-state index is -3.13. The van der Waals surface area contributed by atoms with Crippen molar-refractivity contribution in [3.63, 3.8) is 0 Å². The van der Waals surface area contributed by atoms with Crippen molar-refractivity contribution in [2.24, 2.45) is 0 Å². The molecular weight excluding hydrogens is 314 g/mol. The van der Waals surface area contributed by atoms with Gasteiger partial charge in [0.1, 0.15) is 0 Å². The largest absolute Gasteiger partial charge is 0.305 e. The van der Waals surface area contributed by atoms with Gasteiger partial charge in [-0.05, 0) is 36.8 Å². The smallest absolute Gasteiger partial charge is 0.175 e. The first-order chi connectivity index (χ1) is 9.36. The van der Waals surface area contributed by atoms with E-state index >= 15 is 0 Å². The Morgan fingerprint density at radius 2 is 1.85 bits per heavy atom. The lowest BCUT2D eigenvalue weighted by Gasteiger charge is -2.14. The van der Waals surface area contributed by atoms with Crippen LogP contribution in [0.5, 0.6) is 0 Å². The van der Waals surface area contributed by atoms with Gasteiger partial charge in [-0.3, -0.25) is 0 Å². The Bertz CT molecular complexity index is 677. The Balaban J connectivity index is 2.00. The predicted molar refractivity (Wildman–Crippen MR) is 84.1 cm³/mol. The van der Waals surface area contributed by atoms with Crippen LogP contribution in [0.3, 0.4) is 0 Å². The van der Waals surface area contributed by atoms with Gasteiger partial charge >= 0.3 is 0 Å². The van der Waals surface area contributed by atoms with Crippen LogP contribution in [-0.4, -0.2) is 14.7 Å². The van der Waals surface area contributed by atoms with E-state index in [0.717, 1.165) is 16.4 Å². The third kappa shape index (κ3) is 4.06. The molecular formula is C14H16ClNO2S2. The Morgan fingerprint density at radius 1 is 1.20 bits per heavy atom. The summed E-state index contributed by atoms with van der Waals surface area (Å²) in [5.41, 5.74) is 1.06. The molecule has 1 atom stereocenters. The van der Waals surface area contributed by atoms with Crippen LogP contribution in [0.25, 0.3) is 0 Å². The van der Waals surface area contributed by atoms with Crippen molar-refractivity contribution >= 4 is 32.8 Å². The summed E-state index contributed by atoms with van der Waals surface area (Å²) in [4.78, 5) is 1.52. The van der Waals surface area contributed by atoms with Crippen molar-refractivity contribution in [3.8, 4) is 0 Å². The van der Waals surface area contributed by atoms with Gasteiger partial charge < -0.3 is 5.32 Å². The van der Waals surface area contributed by atoms with Crippen LogP contribution < -0.4 is 5.32 Å². The molecule has 20 heavy (non-hydrogen) atoms. The van der Waals surface area contributed by atoms with E-state index in [0.29, 0.717) is 4.90 Å². The first kappa shape index (κ1) is 15.5. The van der Waals surface area contributed by atoms with E-state index < -0.39 is 9.84 Å². The molecule has 1 N–H and O–H groups in total. The molecule has 0 saturated carbocycles. The fourth-order valence-electron chi connectivity index (χ4n) is 1.82. The SMILES string of the molecule is CC(NCc1ccc(Cl)s1)c1ccc(S(C)(=O)=O)cc1. The van der Waals surface area contributed by atoms with E-state index in [4.69, 9.17) is 11.6 Å². The Morgan fingerprint density at radius 3 is 2.35 bits per heavy atom. The summed E-state index contributed by atoms with van der Waals surface area (Å²) < 4.78 is 23.6. The van der Waals surface area contributed by atoms with Crippen molar-refractivity contribution in [2.75, 3.05) is 6.26 Å². The van der Waals surface area contributed by atoms with Crippen LogP contribution >= 0.6 is 22.9 Å². The van der Waals surface area contributed by atoms with Crippen LogP contribution in [0.2, 0.25) is 4.34 Å². The highest BCUT2D eigenvalue weighted by Gasteiger charge is 2.09. The van der Waals surface area contributed by atoms with Gasteiger partial charge in [-0.1, -0.05) is 23.7 Å². The van der Waals surface area contributed by atoms with Crippen molar-refractivity contribution in [1.82, 2.24) is 5.32 Å². The molecule has 0 aliphatic carbocycles. The number of benzene rings is 1. The summed E-state index contributed by atoms with van der Waals surface area (Å²) in [6.07, 6.45) is 1.21. The molecule has 0 bridgehead atoms. The van der Waals surface area contributed by atoms with Crippen molar-refractivity contribution in [3.05, 3.63) is 51.2 Å². The van der Waals surface area contributed by atoms with Gasteiger partial charge in [0.05, 0.1) is 9.23 Å². The van der Waals surface area contributed by atoms with Crippen molar-refractivity contribution in [1.29, 1.82) is 0 Å². The van der Waals surface area contributed by atoms with E-state index in [-0.39, 0.29) is 6.04 Å². The second kappa shape index (κ2) is 6.26. The molecule has 0 aliphatic heterocycles. The fraction of sp³-hybridized carbons (Fsp3) is 0.286. The molecule has 3 nitrogen and oxygen atoms in total. The van der Waals surface area contributed by atoms with Gasteiger partial charge in [-0.15, -0.1) is 11.3 Å². The van der Waals surface area contributed by atoms with Crippen LogP contribution in [0.15, 0.2) is 41.3 Å². The molecule has 0 aliphatic rings. The average molecular weight is 330 g/mol. The molecule has 0 saturated heterocycles. The summed E-state index contributed by atoms with van der Waals surface area (Å²) in [5, 5.41) is 3.39. The summed E-state index contributed by atoms with van der Waals surface area (Å²) in [6, 6.07) is 11.0. The molecule has 6 heteroatoms. The monoisotopic (exact) mass is 329 g/mol. The summed E-state index contributed by atoms with van der Waals surface area (Å²) in [6.45, 7) is 2.79. The zero-order chi connectivity index (χ0) is 14.8. The summed E-state index contributed by atoms with van der Waals surface area (Å²) in [5.74, 6) is 0. The molecule has 1 heterocycles. The molecule has 0 spiro atoms. The molecule has 0 amide bonds. The number of hydrogen-bond acceptors (Lipinski definition) is 4. The maximum Gasteiger partial charge on any atom is 0.175 e. The van der Waals surface area contributed by atoms with Crippen LogP contribution in [-0.2, 0) is 16.4 Å². The Hall–Kier alpha value is -0.880. The molecule has 1 aromatic heterocycles. The highest BCUT2D eigenvalue weighted by molar-refractivity contribution is 7.90. The zero-order valence-electron chi connectivity index (χ0n) is 11.3. The lowest BCUT2D eigenvalue weighted by Crippen LogP contribution is -2.17. The van der Waals surface area contributed by atoms with E-state index in [1.54, 1.807) is 23.5 Å². The topological polar surface area (TPSA) is 46.2 Å². The van der Waals surface area contributed by atoms with E-state index in [1.807, 2.05) is 31.2 Å². The third-order valence-electron chi connectivity index (χ3n) is 3.02. The van der Waals surface area contributed by atoms with Gasteiger partial charge in [0, 0.05) is 23.7 Å². The first-order valence-electron chi connectivity index (χ1n) is 6.14. The van der Waals surface area contributed by atoms with E-state index in [1.165, 1.54) is 11.1 Å². The maximum atomic E-state index is 11.4. The number of halogens is 1. The highest BCUT2D eigenvalue weighted by Crippen LogP contribution is 2.22. The molecule has 1 aromatic carbocycles. The quantitative estimate of drug-likeness (QED) is 0.910. The summed E-state index contributed by atoms with van der Waals surface area (Å²) >= 11 is 7.44. The minimum Gasteiger partial charge on any atom is -0.305 e. The van der Waals surface area contributed by atoms with Crippen LogP contribution in [0.1, 0.15) is 23.4 Å². The number of nitrogens with one attached hydrogen (secondary N) is 1. The van der Waals surface area contributed by atoms with Gasteiger partial charge in [0.25, 0.3) is 0 Å². The Kier molecular flexibility index (Phi) is 4.86. The van der Waals surface area contributed by atoms with E-state index in [2.05, 4.69) is 5.32 Å². The molecule has 1 unspecified atom stereocenters. The molecule has 2 rings (SSSR count). The van der Waals surface area contributed by atoms with E-state index in [9.17, 15) is 8.42 Å². The Labute approximate surface area is 128 Å². The lowest BCUT2D eigenvalue weighted by atomic mass is 10.1. The summed E-state index contributed by atoms with van der Waals surface area (Å²) in [7, 11) is -3.13. The van der Waals surface area contributed by atoms with Gasteiger partial charge in [0.2, 0.25) is 0 Å².